The summed E-state index contributed by atoms with van der Waals surface area (Å²) in [7, 11) is 0. The summed E-state index contributed by atoms with van der Waals surface area (Å²) in [5.41, 5.74) is 3.71. The summed E-state index contributed by atoms with van der Waals surface area (Å²) in [6.07, 6.45) is 12.2. The number of nitrogens with one attached hydrogen (secondary N) is 2. The van der Waals surface area contributed by atoms with Gasteiger partial charge < -0.3 is 15.5 Å². The molecule has 9 nitrogen and oxygen atoms in total. The molecule has 0 atom stereocenters. The van der Waals surface area contributed by atoms with Crippen molar-refractivity contribution in [3.8, 4) is 11.3 Å². The molecule has 2 fully saturated rings. The molecule has 5 heterocycles. The van der Waals surface area contributed by atoms with E-state index in [4.69, 9.17) is 9.97 Å². The van der Waals surface area contributed by atoms with E-state index in [2.05, 4.69) is 42.7 Å². The second-order valence-electron chi connectivity index (χ2n) is 8.72. The van der Waals surface area contributed by atoms with Crippen molar-refractivity contribution >= 4 is 28.5 Å². The smallest absolute Gasteiger partial charge is 0.227 e. The molecule has 0 bridgehead atoms. The van der Waals surface area contributed by atoms with Crippen LogP contribution in [0, 0.1) is 0 Å². The van der Waals surface area contributed by atoms with Crippen LogP contribution >= 0.6 is 0 Å². The van der Waals surface area contributed by atoms with Gasteiger partial charge in [-0.3, -0.25) is 4.68 Å². The van der Waals surface area contributed by atoms with Crippen LogP contribution in [0.1, 0.15) is 31.7 Å². The van der Waals surface area contributed by atoms with Crippen molar-refractivity contribution in [2.75, 3.05) is 36.4 Å². The number of piperidine rings is 1. The average molecular weight is 442 g/mol. The second kappa shape index (κ2) is 8.74. The van der Waals surface area contributed by atoms with Crippen LogP contribution < -0.4 is 15.5 Å². The topological polar surface area (TPSA) is 96.7 Å². The number of anilines is 3. The molecule has 2 aliphatic rings. The maximum absolute atomic E-state index is 4.76. The third kappa shape index (κ3) is 4.23. The Morgan fingerprint density at radius 1 is 0.970 bits per heavy atom. The van der Waals surface area contributed by atoms with Crippen molar-refractivity contribution < 1.29 is 0 Å². The fraction of sp³-hybridized carbons (Fsp3) is 0.375. The summed E-state index contributed by atoms with van der Waals surface area (Å²) >= 11 is 0. The highest BCUT2D eigenvalue weighted by atomic mass is 15.3. The number of hydrogen-bond acceptors (Lipinski definition) is 8. The fourth-order valence-corrected chi connectivity index (χ4v) is 4.63. The van der Waals surface area contributed by atoms with Gasteiger partial charge in [0, 0.05) is 42.6 Å². The quantitative estimate of drug-likeness (QED) is 0.485. The van der Waals surface area contributed by atoms with Crippen molar-refractivity contribution in [3.63, 3.8) is 0 Å². The Hall–Kier alpha value is -3.59. The fourth-order valence-electron chi connectivity index (χ4n) is 4.63. The maximum atomic E-state index is 4.76. The van der Waals surface area contributed by atoms with Crippen LogP contribution in [-0.4, -0.2) is 55.9 Å². The molecule has 33 heavy (non-hydrogen) atoms. The Morgan fingerprint density at radius 3 is 2.73 bits per heavy atom. The monoisotopic (exact) mass is 441 g/mol. The predicted octanol–water partition coefficient (Wildman–Crippen LogP) is 3.55. The average Bonchev–Trinajstić information content (AvgIpc) is 3.57. The van der Waals surface area contributed by atoms with E-state index in [0.717, 1.165) is 72.8 Å². The van der Waals surface area contributed by atoms with Crippen LogP contribution in [0.25, 0.3) is 22.2 Å². The largest absolute Gasteiger partial charge is 0.341 e. The molecule has 0 unspecified atom stereocenters. The van der Waals surface area contributed by atoms with Crippen molar-refractivity contribution in [1.29, 1.82) is 0 Å². The number of nitrogens with zero attached hydrogens (tertiary/aromatic N) is 7. The number of aromatic nitrogens is 6. The van der Waals surface area contributed by atoms with Gasteiger partial charge in [0.1, 0.15) is 0 Å². The number of benzene rings is 1. The third-order valence-electron chi connectivity index (χ3n) is 6.45. The van der Waals surface area contributed by atoms with Gasteiger partial charge in [0.25, 0.3) is 0 Å². The van der Waals surface area contributed by atoms with Gasteiger partial charge in [0.2, 0.25) is 11.9 Å². The first kappa shape index (κ1) is 20.0. The van der Waals surface area contributed by atoms with E-state index < -0.39 is 0 Å². The molecule has 2 N–H and O–H groups in total. The molecule has 9 heteroatoms. The van der Waals surface area contributed by atoms with Gasteiger partial charge in [0.15, 0.2) is 0 Å². The number of fused-ring (bicyclic) bond motifs is 1. The van der Waals surface area contributed by atoms with Crippen LogP contribution in [0.5, 0.6) is 0 Å². The lowest BCUT2D eigenvalue weighted by Gasteiger charge is -2.22. The summed E-state index contributed by atoms with van der Waals surface area (Å²) < 4.78 is 2.05. The molecule has 2 saturated heterocycles. The highest BCUT2D eigenvalue weighted by Crippen LogP contribution is 2.26. The van der Waals surface area contributed by atoms with E-state index in [9.17, 15) is 0 Å². The maximum Gasteiger partial charge on any atom is 0.227 e. The van der Waals surface area contributed by atoms with Gasteiger partial charge >= 0.3 is 0 Å². The Labute approximate surface area is 192 Å². The zero-order chi connectivity index (χ0) is 22.0. The van der Waals surface area contributed by atoms with Gasteiger partial charge in [-0.1, -0.05) is 6.07 Å². The number of rotatable bonds is 5. The van der Waals surface area contributed by atoms with E-state index in [1.165, 1.54) is 12.8 Å². The van der Waals surface area contributed by atoms with E-state index in [-0.39, 0.29) is 0 Å². The molecule has 0 saturated carbocycles. The summed E-state index contributed by atoms with van der Waals surface area (Å²) in [5.74, 6) is 1.38. The van der Waals surface area contributed by atoms with E-state index >= 15 is 0 Å². The second-order valence-corrected chi connectivity index (χ2v) is 8.72. The first-order chi connectivity index (χ1) is 16.3. The lowest BCUT2D eigenvalue weighted by Crippen LogP contribution is -2.29. The minimum absolute atomic E-state index is 0.444. The van der Waals surface area contributed by atoms with Crippen LogP contribution in [0.2, 0.25) is 0 Å². The Kier molecular flexibility index (Phi) is 5.31. The predicted molar refractivity (Wildman–Crippen MR) is 129 cm³/mol. The molecular formula is C24H27N9. The molecular weight excluding hydrogens is 414 g/mol. The molecule has 0 radical (unpaired) electrons. The van der Waals surface area contributed by atoms with E-state index in [1.807, 2.05) is 35.4 Å². The summed E-state index contributed by atoms with van der Waals surface area (Å²) in [4.78, 5) is 20.7. The normalized spacial score (nSPS) is 17.0. The Morgan fingerprint density at radius 2 is 1.85 bits per heavy atom. The van der Waals surface area contributed by atoms with E-state index in [1.54, 1.807) is 6.20 Å². The zero-order valence-corrected chi connectivity index (χ0v) is 18.5. The Bertz CT molecular complexity index is 1260. The lowest BCUT2D eigenvalue weighted by molar-refractivity contribution is 0.343. The van der Waals surface area contributed by atoms with Gasteiger partial charge in [-0.05, 0) is 57.0 Å². The van der Waals surface area contributed by atoms with Crippen LogP contribution in [0.15, 0.2) is 49.1 Å². The molecule has 3 aromatic heterocycles. The molecule has 168 valence electrons. The standard InChI is InChI=1S/C24H27N9/c1-2-12-32(11-1)24-27-14-18-13-17(3-4-21(18)31-24)22-7-10-26-23(30-22)29-19-15-28-33(16-19)20-5-8-25-9-6-20/h3-4,7,10,13-16,20,25H,1-2,5-6,8-9,11-12H2,(H,26,29,30). The molecule has 0 aliphatic carbocycles. The molecule has 2 aliphatic heterocycles. The van der Waals surface area contributed by atoms with Gasteiger partial charge in [0.05, 0.1) is 29.1 Å². The SMILES string of the molecule is c1cc(-c2ccc3nc(N4CCCC4)ncc3c2)nc(Nc2cnn(C3CCNCC3)c2)n1. The Balaban J connectivity index is 1.21. The van der Waals surface area contributed by atoms with Gasteiger partial charge in [-0.15, -0.1) is 0 Å². The first-order valence-electron chi connectivity index (χ1n) is 11.7. The molecule has 1 aromatic carbocycles. The van der Waals surface area contributed by atoms with Crippen molar-refractivity contribution in [2.45, 2.75) is 31.7 Å². The van der Waals surface area contributed by atoms with Crippen LogP contribution in [0.4, 0.5) is 17.6 Å². The van der Waals surface area contributed by atoms with Crippen LogP contribution in [0.3, 0.4) is 0 Å². The molecule has 6 rings (SSSR count). The van der Waals surface area contributed by atoms with Gasteiger partial charge in [-0.2, -0.15) is 5.10 Å². The van der Waals surface area contributed by atoms with Crippen molar-refractivity contribution in [2.24, 2.45) is 0 Å². The lowest BCUT2D eigenvalue weighted by atomic mass is 10.1. The van der Waals surface area contributed by atoms with Crippen LogP contribution in [-0.2, 0) is 0 Å². The summed E-state index contributed by atoms with van der Waals surface area (Å²) in [6.45, 7) is 4.15. The van der Waals surface area contributed by atoms with Crippen molar-refractivity contribution in [3.05, 3.63) is 49.1 Å². The van der Waals surface area contributed by atoms with Gasteiger partial charge in [-0.25, -0.2) is 19.9 Å². The zero-order valence-electron chi connectivity index (χ0n) is 18.5. The van der Waals surface area contributed by atoms with Crippen molar-refractivity contribution in [1.82, 2.24) is 35.0 Å². The highest BCUT2D eigenvalue weighted by Gasteiger charge is 2.17. The molecule has 0 spiro atoms. The molecule has 0 amide bonds. The van der Waals surface area contributed by atoms with E-state index in [0.29, 0.717) is 12.0 Å². The minimum atomic E-state index is 0.444. The highest BCUT2D eigenvalue weighted by molar-refractivity contribution is 5.84. The first-order valence-corrected chi connectivity index (χ1v) is 11.7. The number of hydrogen-bond donors (Lipinski definition) is 2. The molecule has 4 aromatic rings. The summed E-state index contributed by atoms with van der Waals surface area (Å²) in [5, 5.41) is 12.2. The third-order valence-corrected chi connectivity index (χ3v) is 6.45. The summed E-state index contributed by atoms with van der Waals surface area (Å²) in [6, 6.07) is 8.56. The minimum Gasteiger partial charge on any atom is -0.341 e.